The van der Waals surface area contributed by atoms with Crippen molar-refractivity contribution in [3.05, 3.63) is 28.2 Å². The van der Waals surface area contributed by atoms with E-state index in [-0.39, 0.29) is 23.9 Å². The van der Waals surface area contributed by atoms with Crippen molar-refractivity contribution in [3.63, 3.8) is 0 Å². The Morgan fingerprint density at radius 2 is 2.08 bits per heavy atom. The van der Waals surface area contributed by atoms with E-state index in [1.54, 1.807) is 0 Å². The van der Waals surface area contributed by atoms with Crippen molar-refractivity contribution in [2.45, 2.75) is 31.8 Å². The third kappa shape index (κ3) is 4.28. The Hall–Kier alpha value is -2.26. The van der Waals surface area contributed by atoms with Gasteiger partial charge in [-0.15, -0.1) is 11.3 Å². The number of nitrogens with zero attached hydrogens (tertiary/aromatic N) is 5. The Balaban J connectivity index is 1.58. The molecule has 0 spiro atoms. The second kappa shape index (κ2) is 7.96. The number of nitrogens with one attached hydrogen (secondary N) is 1. The Morgan fingerprint density at radius 1 is 1.35 bits per heavy atom. The maximum Gasteiger partial charge on any atom is 0.261 e. The van der Waals surface area contributed by atoms with Gasteiger partial charge < -0.3 is 16.0 Å². The molecule has 3 rings (SSSR count). The summed E-state index contributed by atoms with van der Waals surface area (Å²) in [4.78, 5) is 30.1. The minimum absolute atomic E-state index is 0.0207. The molecule has 0 saturated carbocycles. The normalized spacial score (nSPS) is 17.0. The zero-order chi connectivity index (χ0) is 18.7. The Morgan fingerprint density at radius 3 is 2.69 bits per heavy atom. The maximum atomic E-state index is 12.2. The predicted molar refractivity (Wildman–Crippen MR) is 103 cm³/mol. The highest BCUT2D eigenvalue weighted by Gasteiger charge is 2.27. The summed E-state index contributed by atoms with van der Waals surface area (Å²) >= 11 is 1.47. The van der Waals surface area contributed by atoms with Gasteiger partial charge in [-0.05, 0) is 31.2 Å². The van der Waals surface area contributed by atoms with Crippen LogP contribution in [0.25, 0.3) is 0 Å². The molecule has 0 aliphatic carbocycles. The molecule has 1 atom stereocenters. The van der Waals surface area contributed by atoms with Crippen LogP contribution in [0.2, 0.25) is 0 Å². The van der Waals surface area contributed by atoms with Crippen LogP contribution in [0.5, 0.6) is 0 Å². The van der Waals surface area contributed by atoms with Crippen LogP contribution >= 0.6 is 11.3 Å². The zero-order valence-electron chi connectivity index (χ0n) is 15.3. The maximum absolute atomic E-state index is 12.2. The van der Waals surface area contributed by atoms with Crippen LogP contribution in [-0.2, 0) is 0 Å². The van der Waals surface area contributed by atoms with Crippen molar-refractivity contribution in [1.82, 2.24) is 25.2 Å². The second-order valence-electron chi connectivity index (χ2n) is 6.68. The number of thiophene rings is 1. The average Bonchev–Trinajstić information content (AvgIpc) is 3.16. The van der Waals surface area contributed by atoms with E-state index in [0.717, 1.165) is 30.8 Å². The molecule has 3 N–H and O–H groups in total. The van der Waals surface area contributed by atoms with Gasteiger partial charge in [0.05, 0.1) is 10.9 Å². The van der Waals surface area contributed by atoms with E-state index in [2.05, 4.69) is 32.1 Å². The van der Waals surface area contributed by atoms with E-state index in [0.29, 0.717) is 11.8 Å². The van der Waals surface area contributed by atoms with Crippen LogP contribution in [-0.4, -0.2) is 59.0 Å². The van der Waals surface area contributed by atoms with Crippen LogP contribution in [0.3, 0.4) is 0 Å². The molecule has 3 heterocycles. The first-order valence-electron chi connectivity index (χ1n) is 8.71. The van der Waals surface area contributed by atoms with E-state index in [1.807, 2.05) is 36.5 Å². The lowest BCUT2D eigenvalue weighted by Crippen LogP contribution is -2.45. The lowest BCUT2D eigenvalue weighted by atomic mass is 10.0. The number of amides is 1. The van der Waals surface area contributed by atoms with Gasteiger partial charge >= 0.3 is 0 Å². The topological polar surface area (TPSA) is 100 Å². The minimum Gasteiger partial charge on any atom is -0.368 e. The van der Waals surface area contributed by atoms with Crippen LogP contribution in [0.4, 0.5) is 11.9 Å². The fraction of sp³-hybridized carbons (Fsp3) is 0.529. The fourth-order valence-corrected chi connectivity index (χ4v) is 3.67. The molecule has 26 heavy (non-hydrogen) atoms. The molecule has 2 aromatic heterocycles. The number of carbonyl (C=O) groups excluding carboxylic acids is 1. The monoisotopic (exact) mass is 375 g/mol. The smallest absolute Gasteiger partial charge is 0.261 e. The number of carbonyl (C=O) groups is 1. The first kappa shape index (κ1) is 18.5. The third-order valence-corrected chi connectivity index (χ3v) is 5.46. The molecule has 9 heteroatoms. The van der Waals surface area contributed by atoms with Crippen molar-refractivity contribution in [3.8, 4) is 0 Å². The number of anilines is 2. The molecule has 1 saturated heterocycles. The quantitative estimate of drug-likeness (QED) is 0.817. The molecule has 8 nitrogen and oxygen atoms in total. The summed E-state index contributed by atoms with van der Waals surface area (Å²) in [6.07, 6.45) is 1.81. The van der Waals surface area contributed by atoms with E-state index in [9.17, 15) is 4.79 Å². The molecular weight excluding hydrogens is 350 g/mol. The fourth-order valence-electron chi connectivity index (χ4n) is 3.04. The molecule has 140 valence electrons. The summed E-state index contributed by atoms with van der Waals surface area (Å²) in [5.41, 5.74) is 5.83. The number of nitrogen functional groups attached to an aromatic ring is 1. The molecule has 1 aliphatic heterocycles. The number of rotatable bonds is 5. The molecule has 0 bridgehead atoms. The standard InChI is InChI=1S/C17H25N7OS/c1-11(14-20-16(18)22-17(21-14)23(2)3)24-8-6-12(7-9-24)19-15(25)13-5-4-10-26-13/h4-5,10-12H,6-9H2,1-3H3,(H,19,25)(H2,18,20,21,22). The van der Waals surface area contributed by atoms with Crippen molar-refractivity contribution in [2.24, 2.45) is 0 Å². The van der Waals surface area contributed by atoms with Gasteiger partial charge in [0, 0.05) is 33.2 Å². The second-order valence-corrected chi connectivity index (χ2v) is 7.63. The predicted octanol–water partition coefficient (Wildman–Crippen LogP) is 1.54. The number of aromatic nitrogens is 3. The Kier molecular flexibility index (Phi) is 5.67. The largest absolute Gasteiger partial charge is 0.368 e. The summed E-state index contributed by atoms with van der Waals surface area (Å²) < 4.78 is 0. The van der Waals surface area contributed by atoms with Gasteiger partial charge in [0.1, 0.15) is 0 Å². The van der Waals surface area contributed by atoms with Gasteiger partial charge in [0.25, 0.3) is 5.91 Å². The van der Waals surface area contributed by atoms with Crippen LogP contribution in [0.15, 0.2) is 17.5 Å². The molecular formula is C17H25N7OS. The van der Waals surface area contributed by atoms with Gasteiger partial charge in [-0.25, -0.2) is 0 Å². The third-order valence-electron chi connectivity index (χ3n) is 4.59. The SMILES string of the molecule is CC(c1nc(N)nc(N(C)C)n1)N1CCC(NC(=O)c2cccs2)CC1. The summed E-state index contributed by atoms with van der Waals surface area (Å²) in [7, 11) is 3.76. The van der Waals surface area contributed by atoms with Crippen molar-refractivity contribution in [1.29, 1.82) is 0 Å². The Labute approximate surface area is 157 Å². The highest BCUT2D eigenvalue weighted by atomic mass is 32.1. The van der Waals surface area contributed by atoms with Gasteiger partial charge in [0.15, 0.2) is 5.82 Å². The van der Waals surface area contributed by atoms with Gasteiger partial charge in [-0.1, -0.05) is 6.07 Å². The van der Waals surface area contributed by atoms with Crippen molar-refractivity contribution in [2.75, 3.05) is 37.8 Å². The number of hydrogen-bond acceptors (Lipinski definition) is 8. The van der Waals surface area contributed by atoms with E-state index in [1.165, 1.54) is 11.3 Å². The van der Waals surface area contributed by atoms with Crippen LogP contribution in [0.1, 0.15) is 41.3 Å². The molecule has 1 aliphatic rings. The first-order chi connectivity index (χ1) is 12.4. The van der Waals surface area contributed by atoms with Gasteiger partial charge in [0.2, 0.25) is 11.9 Å². The lowest BCUT2D eigenvalue weighted by molar-refractivity contribution is 0.0897. The summed E-state index contributed by atoms with van der Waals surface area (Å²) in [5, 5.41) is 5.05. The van der Waals surface area contributed by atoms with Crippen molar-refractivity contribution < 1.29 is 4.79 Å². The van der Waals surface area contributed by atoms with Crippen molar-refractivity contribution >= 4 is 29.1 Å². The number of likely N-dealkylation sites (tertiary alicyclic amines) is 1. The molecule has 1 amide bonds. The molecule has 1 fully saturated rings. The molecule has 2 aromatic rings. The van der Waals surface area contributed by atoms with E-state index in [4.69, 9.17) is 5.73 Å². The minimum atomic E-state index is 0.0207. The van der Waals surface area contributed by atoms with Crippen LogP contribution < -0.4 is 16.0 Å². The summed E-state index contributed by atoms with van der Waals surface area (Å²) in [6, 6.07) is 4.00. The first-order valence-corrected chi connectivity index (χ1v) is 9.59. The molecule has 0 aromatic carbocycles. The van der Waals surface area contributed by atoms with Gasteiger partial charge in [-0.3, -0.25) is 9.69 Å². The lowest BCUT2D eigenvalue weighted by Gasteiger charge is -2.35. The number of nitrogens with two attached hydrogens (primary N) is 1. The van der Waals surface area contributed by atoms with E-state index >= 15 is 0 Å². The highest BCUT2D eigenvalue weighted by molar-refractivity contribution is 7.12. The summed E-state index contributed by atoms with van der Waals surface area (Å²) in [5.74, 6) is 1.51. The summed E-state index contributed by atoms with van der Waals surface area (Å²) in [6.45, 7) is 3.83. The van der Waals surface area contributed by atoms with Gasteiger partial charge in [-0.2, -0.15) is 15.0 Å². The number of piperidine rings is 1. The average molecular weight is 376 g/mol. The molecule has 0 radical (unpaired) electrons. The zero-order valence-corrected chi connectivity index (χ0v) is 16.2. The van der Waals surface area contributed by atoms with Crippen LogP contribution in [0, 0.1) is 0 Å². The Bertz CT molecular complexity index is 742. The number of hydrogen-bond donors (Lipinski definition) is 2. The van der Waals surface area contributed by atoms with E-state index < -0.39 is 0 Å². The highest BCUT2D eigenvalue weighted by Crippen LogP contribution is 2.23. The molecule has 1 unspecified atom stereocenters.